The van der Waals surface area contributed by atoms with Crippen LogP contribution in [0, 0.1) is 0 Å². The topological polar surface area (TPSA) is 47.6 Å². The summed E-state index contributed by atoms with van der Waals surface area (Å²) in [6, 6.07) is 7.50. The number of Topliss-reactive ketones (excluding diaryl/α,β-unsaturated/α-hetero) is 1. The number of hydrogen-bond acceptors (Lipinski definition) is 4. The van der Waals surface area contributed by atoms with Gasteiger partial charge in [0.25, 0.3) is 0 Å². The van der Waals surface area contributed by atoms with Gasteiger partial charge in [0, 0.05) is 6.42 Å². The number of carbonyl (C=O) groups excluding carboxylic acids is 1. The zero-order valence-corrected chi connectivity index (χ0v) is 10.6. The molecule has 1 aromatic carbocycles. The quantitative estimate of drug-likeness (QED) is 0.835. The molecule has 4 heteroatoms. The number of hydrogen-bond donors (Lipinski definition) is 1. The maximum absolute atomic E-state index is 11.8. The lowest BCUT2D eigenvalue weighted by Gasteiger charge is -2.11. The summed E-state index contributed by atoms with van der Waals surface area (Å²) in [6.07, 6.45) is 2.48. The fraction of sp³-hybridized carbons (Fsp3) is 0.500. The Kier molecular flexibility index (Phi) is 4.59. The Hall–Kier alpha value is -1.55. The lowest BCUT2D eigenvalue weighted by molar-refractivity contribution is -0.121. The number of benzene rings is 1. The van der Waals surface area contributed by atoms with E-state index in [4.69, 9.17) is 9.47 Å². The van der Waals surface area contributed by atoms with E-state index in [9.17, 15) is 4.79 Å². The summed E-state index contributed by atoms with van der Waals surface area (Å²) in [6.45, 7) is 1.35. The van der Waals surface area contributed by atoms with Crippen LogP contribution in [0.4, 0.5) is 0 Å². The number of nitrogens with one attached hydrogen (secondary N) is 1. The molecule has 1 aromatic rings. The summed E-state index contributed by atoms with van der Waals surface area (Å²) in [5.74, 6) is 1.62. The van der Waals surface area contributed by atoms with Crippen molar-refractivity contribution in [1.82, 2.24) is 5.32 Å². The van der Waals surface area contributed by atoms with Gasteiger partial charge in [-0.15, -0.1) is 0 Å². The van der Waals surface area contributed by atoms with Gasteiger partial charge in [-0.2, -0.15) is 0 Å². The van der Waals surface area contributed by atoms with Crippen LogP contribution in [0.5, 0.6) is 11.5 Å². The Morgan fingerprint density at radius 3 is 2.83 bits per heavy atom. The molecule has 2 rings (SSSR count). The van der Waals surface area contributed by atoms with E-state index >= 15 is 0 Å². The van der Waals surface area contributed by atoms with E-state index < -0.39 is 0 Å². The highest BCUT2D eigenvalue weighted by Crippen LogP contribution is 2.25. The predicted molar refractivity (Wildman–Crippen MR) is 69.1 cm³/mol. The number of ketones is 1. The van der Waals surface area contributed by atoms with Gasteiger partial charge in [0.1, 0.15) is 0 Å². The molecule has 98 valence electrons. The molecular weight excluding hydrogens is 230 g/mol. The van der Waals surface area contributed by atoms with E-state index in [1.165, 1.54) is 0 Å². The number of rotatable bonds is 6. The highest BCUT2D eigenvalue weighted by atomic mass is 16.5. The van der Waals surface area contributed by atoms with Crippen LogP contribution >= 0.6 is 0 Å². The molecule has 18 heavy (non-hydrogen) atoms. The minimum absolute atomic E-state index is 0.0336. The van der Waals surface area contributed by atoms with Crippen molar-refractivity contribution in [3.05, 3.63) is 24.3 Å². The van der Waals surface area contributed by atoms with Gasteiger partial charge in [-0.3, -0.25) is 4.79 Å². The van der Waals surface area contributed by atoms with Crippen LogP contribution in [0.1, 0.15) is 19.3 Å². The highest BCUT2D eigenvalue weighted by molar-refractivity contribution is 5.84. The first-order valence-corrected chi connectivity index (χ1v) is 6.33. The second-order valence-electron chi connectivity index (χ2n) is 4.36. The fourth-order valence-electron chi connectivity index (χ4n) is 2.13. The first-order valence-electron chi connectivity index (χ1n) is 6.33. The van der Waals surface area contributed by atoms with Gasteiger partial charge >= 0.3 is 0 Å². The summed E-state index contributed by atoms with van der Waals surface area (Å²) in [7, 11) is 1.61. The molecule has 1 N–H and O–H groups in total. The van der Waals surface area contributed by atoms with Gasteiger partial charge in [-0.05, 0) is 31.5 Å². The van der Waals surface area contributed by atoms with Crippen LogP contribution in [0.15, 0.2) is 24.3 Å². The number of ether oxygens (including phenoxy) is 2. The van der Waals surface area contributed by atoms with E-state index in [0.29, 0.717) is 24.5 Å². The summed E-state index contributed by atoms with van der Waals surface area (Å²) >= 11 is 0. The summed E-state index contributed by atoms with van der Waals surface area (Å²) in [4.78, 5) is 11.8. The van der Waals surface area contributed by atoms with Crippen LogP contribution in [0.2, 0.25) is 0 Å². The van der Waals surface area contributed by atoms with Crippen LogP contribution in [-0.4, -0.2) is 32.1 Å². The molecule has 0 spiro atoms. The van der Waals surface area contributed by atoms with Gasteiger partial charge in [0.2, 0.25) is 0 Å². The van der Waals surface area contributed by atoms with Crippen molar-refractivity contribution in [1.29, 1.82) is 0 Å². The number of methoxy groups -OCH3 is 1. The minimum Gasteiger partial charge on any atom is -0.493 e. The van der Waals surface area contributed by atoms with Crippen molar-refractivity contribution in [2.45, 2.75) is 25.3 Å². The minimum atomic E-state index is 0.0336. The molecule has 0 aromatic heterocycles. The smallest absolute Gasteiger partial charge is 0.161 e. The lowest BCUT2D eigenvalue weighted by Crippen LogP contribution is -2.31. The van der Waals surface area contributed by atoms with E-state index in [2.05, 4.69) is 5.32 Å². The fourth-order valence-corrected chi connectivity index (χ4v) is 2.13. The second-order valence-corrected chi connectivity index (χ2v) is 4.36. The Morgan fingerprint density at radius 1 is 1.39 bits per heavy atom. The zero-order valence-electron chi connectivity index (χ0n) is 10.6. The van der Waals surface area contributed by atoms with Crippen LogP contribution in [-0.2, 0) is 4.79 Å². The normalized spacial score (nSPS) is 18.6. The van der Waals surface area contributed by atoms with Crippen LogP contribution < -0.4 is 14.8 Å². The Balaban J connectivity index is 1.79. The molecule has 1 atom stereocenters. The maximum atomic E-state index is 11.8. The molecule has 1 unspecified atom stereocenters. The molecule has 1 aliphatic heterocycles. The highest BCUT2D eigenvalue weighted by Gasteiger charge is 2.21. The van der Waals surface area contributed by atoms with Gasteiger partial charge in [0.05, 0.1) is 19.8 Å². The molecule has 1 fully saturated rings. The Bertz CT molecular complexity index is 400. The van der Waals surface area contributed by atoms with Gasteiger partial charge in [-0.1, -0.05) is 12.1 Å². The van der Waals surface area contributed by atoms with Gasteiger partial charge < -0.3 is 14.8 Å². The summed E-state index contributed by atoms with van der Waals surface area (Å²) in [5.41, 5.74) is 0. The third-order valence-electron chi connectivity index (χ3n) is 3.12. The van der Waals surface area contributed by atoms with Crippen molar-refractivity contribution in [3.8, 4) is 11.5 Å². The van der Waals surface area contributed by atoms with Crippen molar-refractivity contribution >= 4 is 5.78 Å². The van der Waals surface area contributed by atoms with E-state index in [-0.39, 0.29) is 11.8 Å². The average molecular weight is 249 g/mol. The van der Waals surface area contributed by atoms with Crippen LogP contribution in [0.3, 0.4) is 0 Å². The third-order valence-corrected chi connectivity index (χ3v) is 3.12. The molecule has 0 bridgehead atoms. The monoisotopic (exact) mass is 249 g/mol. The van der Waals surface area contributed by atoms with Crippen molar-refractivity contribution in [2.24, 2.45) is 0 Å². The molecule has 1 aliphatic rings. The molecule has 0 radical (unpaired) electrons. The zero-order chi connectivity index (χ0) is 12.8. The predicted octanol–water partition coefficient (Wildman–Crippen LogP) is 1.79. The van der Waals surface area contributed by atoms with Crippen LogP contribution in [0.25, 0.3) is 0 Å². The third kappa shape index (κ3) is 3.23. The van der Waals surface area contributed by atoms with Gasteiger partial charge in [0.15, 0.2) is 17.3 Å². The standard InChI is InChI=1S/C14H19NO3/c1-17-13-6-2-3-7-14(13)18-10-8-12(16)11-5-4-9-15-11/h2-3,6-7,11,15H,4-5,8-10H2,1H3. The van der Waals surface area contributed by atoms with Crippen molar-refractivity contribution in [3.63, 3.8) is 0 Å². The molecule has 1 saturated heterocycles. The van der Waals surface area contributed by atoms with Crippen molar-refractivity contribution in [2.75, 3.05) is 20.3 Å². The maximum Gasteiger partial charge on any atom is 0.161 e. The second kappa shape index (κ2) is 6.40. The van der Waals surface area contributed by atoms with Crippen molar-refractivity contribution < 1.29 is 14.3 Å². The van der Waals surface area contributed by atoms with Gasteiger partial charge in [-0.25, -0.2) is 0 Å². The molecule has 0 amide bonds. The molecule has 4 nitrogen and oxygen atoms in total. The van der Waals surface area contributed by atoms with E-state index in [1.54, 1.807) is 7.11 Å². The SMILES string of the molecule is COc1ccccc1OCCC(=O)C1CCCN1. The Morgan fingerprint density at radius 2 is 2.17 bits per heavy atom. The summed E-state index contributed by atoms with van der Waals surface area (Å²) < 4.78 is 10.8. The molecular formula is C14H19NO3. The van der Waals surface area contributed by atoms with E-state index in [1.807, 2.05) is 24.3 Å². The average Bonchev–Trinajstić information content (AvgIpc) is 2.93. The molecule has 0 aliphatic carbocycles. The first kappa shape index (κ1) is 12.9. The number of para-hydroxylation sites is 2. The Labute approximate surface area is 107 Å². The molecule has 1 heterocycles. The summed E-state index contributed by atoms with van der Waals surface area (Å²) in [5, 5.41) is 3.20. The lowest BCUT2D eigenvalue weighted by atomic mass is 10.1. The van der Waals surface area contributed by atoms with E-state index in [0.717, 1.165) is 19.4 Å². The largest absolute Gasteiger partial charge is 0.493 e. The number of carbonyl (C=O) groups is 1. The molecule has 0 saturated carbocycles. The first-order chi connectivity index (χ1) is 8.81.